The molecule has 4 heteroatoms. The van der Waals surface area contributed by atoms with E-state index in [1.807, 2.05) is 48.5 Å². The summed E-state index contributed by atoms with van der Waals surface area (Å²) >= 11 is 0. The Balaban J connectivity index is 1.65. The van der Waals surface area contributed by atoms with Crippen LogP contribution in [0.2, 0.25) is 0 Å². The Morgan fingerprint density at radius 1 is 1.09 bits per heavy atom. The quantitative estimate of drug-likeness (QED) is 0.724. The number of nitrogens with zero attached hydrogens (tertiary/aromatic N) is 1. The minimum atomic E-state index is -0.0932. The van der Waals surface area contributed by atoms with Crippen molar-refractivity contribution < 1.29 is 13.9 Å². The third-order valence-corrected chi connectivity index (χ3v) is 3.50. The summed E-state index contributed by atoms with van der Waals surface area (Å²) in [5, 5.41) is 2.10. The lowest BCUT2D eigenvalue weighted by Crippen LogP contribution is -2.30. The summed E-state index contributed by atoms with van der Waals surface area (Å²) in [5.74, 6) is 1.38. The van der Waals surface area contributed by atoms with Crippen LogP contribution in [0.4, 0.5) is 0 Å². The number of benzene rings is 2. The second-order valence-corrected chi connectivity index (χ2v) is 5.10. The minimum absolute atomic E-state index is 0.00517. The summed E-state index contributed by atoms with van der Waals surface area (Å²) in [5.41, 5.74) is 0. The first-order chi connectivity index (χ1) is 10.7. The van der Waals surface area contributed by atoms with E-state index in [2.05, 4.69) is 0 Å². The smallest absolute Gasteiger partial charge is 0.260 e. The third-order valence-electron chi connectivity index (χ3n) is 3.50. The molecule has 1 amide bonds. The van der Waals surface area contributed by atoms with Gasteiger partial charge in [0.15, 0.2) is 6.61 Å². The van der Waals surface area contributed by atoms with Crippen molar-refractivity contribution in [2.75, 3.05) is 13.7 Å². The lowest BCUT2D eigenvalue weighted by atomic mass is 10.1. The molecule has 0 bridgehead atoms. The Morgan fingerprint density at radius 2 is 1.91 bits per heavy atom. The van der Waals surface area contributed by atoms with Gasteiger partial charge in [-0.1, -0.05) is 36.4 Å². The van der Waals surface area contributed by atoms with Crippen molar-refractivity contribution in [1.82, 2.24) is 4.90 Å². The summed E-state index contributed by atoms with van der Waals surface area (Å²) in [4.78, 5) is 13.7. The molecule has 0 aliphatic rings. The molecule has 0 N–H and O–H groups in total. The van der Waals surface area contributed by atoms with E-state index in [9.17, 15) is 4.79 Å². The van der Waals surface area contributed by atoms with Crippen LogP contribution in [0.15, 0.2) is 65.3 Å². The molecule has 0 saturated carbocycles. The molecule has 3 rings (SSSR count). The first kappa shape index (κ1) is 14.2. The Kier molecular flexibility index (Phi) is 4.10. The van der Waals surface area contributed by atoms with Gasteiger partial charge in [0.05, 0.1) is 12.8 Å². The second kappa shape index (κ2) is 6.35. The zero-order chi connectivity index (χ0) is 15.4. The Hall–Kier alpha value is -2.75. The minimum Gasteiger partial charge on any atom is -0.483 e. The van der Waals surface area contributed by atoms with Crippen molar-refractivity contribution in [2.24, 2.45) is 0 Å². The molecule has 0 saturated heterocycles. The van der Waals surface area contributed by atoms with E-state index in [4.69, 9.17) is 9.15 Å². The van der Waals surface area contributed by atoms with Gasteiger partial charge in [-0.15, -0.1) is 0 Å². The van der Waals surface area contributed by atoms with Gasteiger partial charge in [-0.25, -0.2) is 0 Å². The molecule has 1 aromatic heterocycles. The summed E-state index contributed by atoms with van der Waals surface area (Å²) in [6.07, 6.45) is 1.60. The molecule has 0 atom stereocenters. The fourth-order valence-electron chi connectivity index (χ4n) is 2.30. The molecule has 112 valence electrons. The zero-order valence-electron chi connectivity index (χ0n) is 12.4. The number of hydrogen-bond acceptors (Lipinski definition) is 3. The van der Waals surface area contributed by atoms with Gasteiger partial charge < -0.3 is 14.1 Å². The number of likely N-dealkylation sites (N-methyl/N-ethyl adjacent to an activating group) is 1. The number of amides is 1. The highest BCUT2D eigenvalue weighted by atomic mass is 16.5. The monoisotopic (exact) mass is 295 g/mol. The second-order valence-electron chi connectivity index (χ2n) is 5.10. The summed E-state index contributed by atoms with van der Waals surface area (Å²) < 4.78 is 10.9. The van der Waals surface area contributed by atoms with Crippen molar-refractivity contribution in [3.63, 3.8) is 0 Å². The van der Waals surface area contributed by atoms with Crippen molar-refractivity contribution in [3.05, 3.63) is 66.6 Å². The molecule has 0 aliphatic carbocycles. The number of rotatable bonds is 5. The van der Waals surface area contributed by atoms with E-state index in [-0.39, 0.29) is 12.5 Å². The van der Waals surface area contributed by atoms with Crippen LogP contribution in [0.5, 0.6) is 5.75 Å². The average molecular weight is 295 g/mol. The normalized spacial score (nSPS) is 10.6. The van der Waals surface area contributed by atoms with Gasteiger partial charge in [-0.2, -0.15) is 0 Å². The van der Waals surface area contributed by atoms with Crippen molar-refractivity contribution >= 4 is 16.7 Å². The van der Waals surface area contributed by atoms with Crippen molar-refractivity contribution in [1.29, 1.82) is 0 Å². The molecule has 3 aromatic rings. The number of ether oxygens (including phenoxy) is 1. The van der Waals surface area contributed by atoms with Crippen LogP contribution in [-0.4, -0.2) is 24.5 Å². The Morgan fingerprint density at radius 3 is 2.73 bits per heavy atom. The third kappa shape index (κ3) is 3.11. The fraction of sp³-hybridized carbons (Fsp3) is 0.167. The van der Waals surface area contributed by atoms with Gasteiger partial charge in [-0.3, -0.25) is 4.79 Å². The van der Waals surface area contributed by atoms with E-state index >= 15 is 0 Å². The highest BCUT2D eigenvalue weighted by Gasteiger charge is 2.12. The van der Waals surface area contributed by atoms with Crippen LogP contribution in [0, 0.1) is 0 Å². The van der Waals surface area contributed by atoms with Crippen LogP contribution in [-0.2, 0) is 11.3 Å². The fourth-order valence-corrected chi connectivity index (χ4v) is 2.30. The number of furan rings is 1. The lowest BCUT2D eigenvalue weighted by Gasteiger charge is -2.16. The highest BCUT2D eigenvalue weighted by molar-refractivity contribution is 5.88. The van der Waals surface area contributed by atoms with Crippen LogP contribution >= 0.6 is 0 Å². The Bertz CT molecular complexity index is 760. The molecule has 0 spiro atoms. The molecule has 0 fully saturated rings. The van der Waals surface area contributed by atoms with Crippen LogP contribution in [0.25, 0.3) is 10.8 Å². The topological polar surface area (TPSA) is 42.7 Å². The standard InChI is InChI=1S/C18H17NO3/c1-19(12-15-8-5-11-21-15)18(20)13-22-17-10-4-7-14-6-2-3-9-16(14)17/h2-11H,12-13H2,1H3. The first-order valence-electron chi connectivity index (χ1n) is 7.11. The average Bonchev–Trinajstić information content (AvgIpc) is 3.05. The van der Waals surface area contributed by atoms with Crippen LogP contribution in [0.1, 0.15) is 5.76 Å². The van der Waals surface area contributed by atoms with Gasteiger partial charge in [-0.05, 0) is 23.6 Å². The Labute approximate surface area is 128 Å². The molecule has 22 heavy (non-hydrogen) atoms. The van der Waals surface area contributed by atoms with E-state index in [1.165, 1.54) is 0 Å². The lowest BCUT2D eigenvalue weighted by molar-refractivity contribution is -0.132. The first-order valence-corrected chi connectivity index (χ1v) is 7.11. The van der Waals surface area contributed by atoms with Gasteiger partial charge in [0.25, 0.3) is 5.91 Å². The highest BCUT2D eigenvalue weighted by Crippen LogP contribution is 2.25. The summed E-state index contributed by atoms with van der Waals surface area (Å²) in [6.45, 7) is 0.440. The molecule has 1 heterocycles. The number of carbonyl (C=O) groups is 1. The maximum absolute atomic E-state index is 12.1. The molecule has 0 unspecified atom stereocenters. The van der Waals surface area contributed by atoms with Gasteiger partial charge >= 0.3 is 0 Å². The predicted molar refractivity (Wildman–Crippen MR) is 84.6 cm³/mol. The maximum Gasteiger partial charge on any atom is 0.260 e. The SMILES string of the molecule is CN(Cc1ccco1)C(=O)COc1cccc2ccccc12. The molecular weight excluding hydrogens is 278 g/mol. The summed E-state index contributed by atoms with van der Waals surface area (Å²) in [6, 6.07) is 17.4. The zero-order valence-corrected chi connectivity index (χ0v) is 12.4. The van der Waals surface area contributed by atoms with Crippen LogP contribution < -0.4 is 4.74 Å². The number of carbonyl (C=O) groups excluding carboxylic acids is 1. The van der Waals surface area contributed by atoms with Crippen molar-refractivity contribution in [2.45, 2.75) is 6.54 Å². The molecule has 4 nitrogen and oxygen atoms in total. The van der Waals surface area contributed by atoms with Gasteiger partial charge in [0, 0.05) is 12.4 Å². The molecule has 2 aromatic carbocycles. The predicted octanol–water partition coefficient (Wildman–Crippen LogP) is 3.47. The number of fused-ring (bicyclic) bond motifs is 1. The maximum atomic E-state index is 12.1. The van der Waals surface area contributed by atoms with Gasteiger partial charge in [0.2, 0.25) is 0 Å². The number of hydrogen-bond donors (Lipinski definition) is 0. The molecule has 0 aliphatic heterocycles. The van der Waals surface area contributed by atoms with E-state index in [0.29, 0.717) is 6.54 Å². The van der Waals surface area contributed by atoms with E-state index < -0.39 is 0 Å². The summed E-state index contributed by atoms with van der Waals surface area (Å²) in [7, 11) is 1.73. The largest absolute Gasteiger partial charge is 0.483 e. The molecule has 0 radical (unpaired) electrons. The van der Waals surface area contributed by atoms with E-state index in [0.717, 1.165) is 22.3 Å². The van der Waals surface area contributed by atoms with E-state index in [1.54, 1.807) is 24.3 Å². The van der Waals surface area contributed by atoms with Crippen LogP contribution in [0.3, 0.4) is 0 Å². The van der Waals surface area contributed by atoms with Crippen molar-refractivity contribution in [3.8, 4) is 5.75 Å². The molecular formula is C18H17NO3. The van der Waals surface area contributed by atoms with Gasteiger partial charge in [0.1, 0.15) is 11.5 Å².